The summed E-state index contributed by atoms with van der Waals surface area (Å²) in [5, 5.41) is 13.7. The third kappa shape index (κ3) is 2.12. The minimum Gasteiger partial charge on any atom is -0.386 e. The van der Waals surface area contributed by atoms with Crippen molar-refractivity contribution >= 4 is 23.0 Å². The Morgan fingerprint density at radius 2 is 2.28 bits per heavy atom. The molecule has 1 unspecified atom stereocenters. The van der Waals surface area contributed by atoms with Gasteiger partial charge < -0.3 is 16.0 Å². The first-order valence-corrected chi connectivity index (χ1v) is 5.55. The highest BCUT2D eigenvalue weighted by Gasteiger charge is 2.30. The van der Waals surface area contributed by atoms with Gasteiger partial charge in [0.05, 0.1) is 16.3 Å². The summed E-state index contributed by atoms with van der Waals surface area (Å²) in [4.78, 5) is 23.6. The number of benzene rings is 1. The second kappa shape index (κ2) is 4.61. The molecule has 1 aliphatic rings. The van der Waals surface area contributed by atoms with Gasteiger partial charge in [-0.15, -0.1) is 0 Å². The number of anilines is 2. The molecule has 1 fully saturated rings. The van der Waals surface area contributed by atoms with Gasteiger partial charge in [-0.2, -0.15) is 0 Å². The lowest BCUT2D eigenvalue weighted by molar-refractivity contribution is -0.384. The number of nitrogens with two attached hydrogens (primary N) is 1. The van der Waals surface area contributed by atoms with Gasteiger partial charge in [0.25, 0.3) is 5.69 Å². The predicted molar refractivity (Wildman–Crippen MR) is 67.6 cm³/mol. The summed E-state index contributed by atoms with van der Waals surface area (Å²) in [5.74, 6) is -0.112. The van der Waals surface area contributed by atoms with Crippen LogP contribution in [0.15, 0.2) is 18.2 Å². The van der Waals surface area contributed by atoms with Crippen molar-refractivity contribution in [2.45, 2.75) is 12.5 Å². The van der Waals surface area contributed by atoms with E-state index in [1.165, 1.54) is 17.0 Å². The topological polar surface area (TPSA) is 102 Å². The van der Waals surface area contributed by atoms with Gasteiger partial charge in [0.15, 0.2) is 0 Å². The van der Waals surface area contributed by atoms with Crippen LogP contribution in [0.3, 0.4) is 0 Å². The van der Waals surface area contributed by atoms with Crippen molar-refractivity contribution in [3.8, 4) is 0 Å². The Balaban J connectivity index is 2.44. The largest absolute Gasteiger partial charge is 0.386 e. The second-order valence-electron chi connectivity index (χ2n) is 4.18. The lowest BCUT2D eigenvalue weighted by Gasteiger charge is -2.19. The van der Waals surface area contributed by atoms with Crippen LogP contribution in [-0.2, 0) is 4.79 Å². The maximum absolute atomic E-state index is 11.8. The Bertz CT molecular complexity index is 503. The Hall–Kier alpha value is -2.15. The summed E-state index contributed by atoms with van der Waals surface area (Å²) >= 11 is 0. The number of carbonyl (C=O) groups is 1. The summed E-state index contributed by atoms with van der Waals surface area (Å²) in [6.45, 7) is 0.384. The standard InChI is InChI=1S/C11H14N4O3/c1-13-9-3-2-8(15(17)18)5-10(9)14-6-7(12)4-11(14)16/h2-3,5,7,13H,4,6,12H2,1H3. The van der Waals surface area contributed by atoms with Crippen LogP contribution in [0.5, 0.6) is 0 Å². The first-order valence-electron chi connectivity index (χ1n) is 5.55. The quantitative estimate of drug-likeness (QED) is 0.607. The summed E-state index contributed by atoms with van der Waals surface area (Å²) in [6, 6.07) is 4.16. The Labute approximate surface area is 104 Å². The maximum Gasteiger partial charge on any atom is 0.271 e. The average Bonchev–Trinajstić information content (AvgIpc) is 2.67. The highest BCUT2D eigenvalue weighted by Crippen LogP contribution is 2.32. The molecule has 2 rings (SSSR count). The van der Waals surface area contributed by atoms with Gasteiger partial charge in [-0.1, -0.05) is 0 Å². The van der Waals surface area contributed by atoms with Crippen LogP contribution in [0.1, 0.15) is 6.42 Å². The smallest absolute Gasteiger partial charge is 0.271 e. The van der Waals surface area contributed by atoms with E-state index in [0.29, 0.717) is 17.9 Å². The van der Waals surface area contributed by atoms with E-state index in [2.05, 4.69) is 5.32 Å². The normalized spacial score (nSPS) is 19.1. The van der Waals surface area contributed by atoms with Crippen LogP contribution in [0.4, 0.5) is 17.1 Å². The van der Waals surface area contributed by atoms with Crippen LogP contribution < -0.4 is 16.0 Å². The summed E-state index contributed by atoms with van der Waals surface area (Å²) < 4.78 is 0. The number of nitro groups is 1. The average molecular weight is 250 g/mol. The number of hydrogen-bond donors (Lipinski definition) is 2. The zero-order valence-corrected chi connectivity index (χ0v) is 9.92. The molecular weight excluding hydrogens is 236 g/mol. The van der Waals surface area contributed by atoms with Gasteiger partial charge in [-0.3, -0.25) is 14.9 Å². The third-order valence-electron chi connectivity index (χ3n) is 2.91. The van der Waals surface area contributed by atoms with Crippen LogP contribution >= 0.6 is 0 Å². The van der Waals surface area contributed by atoms with E-state index in [-0.39, 0.29) is 24.1 Å². The van der Waals surface area contributed by atoms with E-state index in [9.17, 15) is 14.9 Å². The van der Waals surface area contributed by atoms with Crippen LogP contribution in [-0.4, -0.2) is 30.5 Å². The van der Waals surface area contributed by atoms with E-state index >= 15 is 0 Å². The molecule has 0 saturated carbocycles. The van der Waals surface area contributed by atoms with Crippen molar-refractivity contribution in [2.75, 3.05) is 23.8 Å². The van der Waals surface area contributed by atoms with Crippen LogP contribution in [0.25, 0.3) is 0 Å². The van der Waals surface area contributed by atoms with Gasteiger partial charge in [0, 0.05) is 38.2 Å². The lowest BCUT2D eigenvalue weighted by Crippen LogP contribution is -2.28. The van der Waals surface area contributed by atoms with Crippen molar-refractivity contribution in [3.05, 3.63) is 28.3 Å². The summed E-state index contributed by atoms with van der Waals surface area (Å²) in [6.07, 6.45) is 0.270. The minimum atomic E-state index is -0.483. The number of amides is 1. The van der Waals surface area contributed by atoms with Gasteiger partial charge >= 0.3 is 0 Å². The molecule has 0 radical (unpaired) electrons. The third-order valence-corrected chi connectivity index (χ3v) is 2.91. The number of carbonyl (C=O) groups excluding carboxylic acids is 1. The lowest BCUT2D eigenvalue weighted by atomic mass is 10.2. The fourth-order valence-electron chi connectivity index (χ4n) is 2.04. The zero-order valence-electron chi connectivity index (χ0n) is 9.92. The van der Waals surface area contributed by atoms with Crippen LogP contribution in [0, 0.1) is 10.1 Å². The van der Waals surface area contributed by atoms with E-state index in [1.54, 1.807) is 13.1 Å². The SMILES string of the molecule is CNc1ccc([N+](=O)[O-])cc1N1CC(N)CC1=O. The van der Waals surface area contributed by atoms with E-state index in [0.717, 1.165) is 0 Å². The van der Waals surface area contributed by atoms with Crippen molar-refractivity contribution in [1.82, 2.24) is 0 Å². The number of hydrogen-bond acceptors (Lipinski definition) is 5. The predicted octanol–water partition coefficient (Wildman–Crippen LogP) is 0.700. The first-order chi connectivity index (χ1) is 8.52. The fourth-order valence-corrected chi connectivity index (χ4v) is 2.04. The van der Waals surface area contributed by atoms with Crippen molar-refractivity contribution in [2.24, 2.45) is 5.73 Å². The Kier molecular flexibility index (Phi) is 3.15. The number of nitrogens with one attached hydrogen (secondary N) is 1. The highest BCUT2D eigenvalue weighted by atomic mass is 16.6. The molecule has 1 saturated heterocycles. The molecular formula is C11H14N4O3. The van der Waals surface area contributed by atoms with Gasteiger partial charge in [0.1, 0.15) is 0 Å². The second-order valence-corrected chi connectivity index (χ2v) is 4.18. The van der Waals surface area contributed by atoms with Gasteiger partial charge in [-0.25, -0.2) is 0 Å². The number of rotatable bonds is 3. The van der Waals surface area contributed by atoms with Gasteiger partial charge in [0.2, 0.25) is 5.91 Å². The van der Waals surface area contributed by atoms with E-state index < -0.39 is 4.92 Å². The minimum absolute atomic E-state index is 0.0442. The molecule has 1 aromatic carbocycles. The monoisotopic (exact) mass is 250 g/mol. The fraction of sp³-hybridized carbons (Fsp3) is 0.364. The maximum atomic E-state index is 11.8. The Morgan fingerprint density at radius 1 is 1.56 bits per heavy atom. The molecule has 0 bridgehead atoms. The molecule has 1 aromatic rings. The summed E-state index contributed by atoms with van der Waals surface area (Å²) in [5.41, 5.74) is 6.86. The van der Waals surface area contributed by atoms with E-state index in [1.807, 2.05) is 0 Å². The van der Waals surface area contributed by atoms with Crippen LogP contribution in [0.2, 0.25) is 0 Å². The first kappa shape index (κ1) is 12.3. The molecule has 0 aromatic heterocycles. The molecule has 1 heterocycles. The van der Waals surface area contributed by atoms with Crippen molar-refractivity contribution < 1.29 is 9.72 Å². The molecule has 3 N–H and O–H groups in total. The molecule has 1 atom stereocenters. The molecule has 96 valence electrons. The highest BCUT2D eigenvalue weighted by molar-refractivity contribution is 5.99. The molecule has 1 amide bonds. The zero-order chi connectivity index (χ0) is 13.3. The Morgan fingerprint density at radius 3 is 2.78 bits per heavy atom. The van der Waals surface area contributed by atoms with Crippen molar-refractivity contribution in [1.29, 1.82) is 0 Å². The molecule has 0 aliphatic carbocycles. The molecule has 0 spiro atoms. The molecule has 7 nitrogen and oxygen atoms in total. The van der Waals surface area contributed by atoms with Crippen molar-refractivity contribution in [3.63, 3.8) is 0 Å². The number of nitro benzene ring substituents is 1. The molecule has 1 aliphatic heterocycles. The van der Waals surface area contributed by atoms with Gasteiger partial charge in [-0.05, 0) is 6.07 Å². The van der Waals surface area contributed by atoms with E-state index in [4.69, 9.17) is 5.73 Å². The number of nitrogens with zero attached hydrogens (tertiary/aromatic N) is 2. The molecule has 7 heteroatoms. The number of non-ortho nitro benzene ring substituents is 1. The molecule has 18 heavy (non-hydrogen) atoms. The summed E-state index contributed by atoms with van der Waals surface area (Å²) in [7, 11) is 1.70.